The van der Waals surface area contributed by atoms with Gasteiger partial charge >= 0.3 is 5.97 Å². The first kappa shape index (κ1) is 8.87. The fourth-order valence-corrected chi connectivity index (χ4v) is 1.47. The highest BCUT2D eigenvalue weighted by Gasteiger charge is 2.13. The maximum Gasteiger partial charge on any atom is 0.371 e. The zero-order valence-electron chi connectivity index (χ0n) is 7.56. The molecule has 4 nitrogen and oxygen atoms in total. The van der Waals surface area contributed by atoms with Crippen molar-refractivity contribution in [1.82, 2.24) is 0 Å². The first-order valence-corrected chi connectivity index (χ1v) is 4.50. The Morgan fingerprint density at radius 3 is 2.71 bits per heavy atom. The molecule has 0 atom stereocenters. The largest absolute Gasteiger partial charge is 0.475 e. The van der Waals surface area contributed by atoms with Crippen molar-refractivity contribution in [2.75, 3.05) is 5.32 Å². The van der Waals surface area contributed by atoms with Crippen LogP contribution in [0, 0.1) is 0 Å². The van der Waals surface area contributed by atoms with Crippen molar-refractivity contribution in [2.45, 2.75) is 18.9 Å². The average molecular weight is 193 g/mol. The van der Waals surface area contributed by atoms with E-state index in [-0.39, 0.29) is 5.76 Å². The Labute approximate surface area is 81.2 Å². The zero-order valence-corrected chi connectivity index (χ0v) is 7.56. The summed E-state index contributed by atoms with van der Waals surface area (Å²) in [5, 5.41) is 11.7. The zero-order chi connectivity index (χ0) is 9.97. The van der Waals surface area contributed by atoms with Crippen LogP contribution in [-0.4, -0.2) is 17.1 Å². The van der Waals surface area contributed by atoms with Gasteiger partial charge in [-0.15, -0.1) is 0 Å². The predicted octanol–water partition coefficient (Wildman–Crippen LogP) is 2.11. The summed E-state index contributed by atoms with van der Waals surface area (Å²) in [7, 11) is 0. The highest BCUT2D eigenvalue weighted by Crippen LogP contribution is 2.19. The third kappa shape index (κ3) is 1.79. The van der Waals surface area contributed by atoms with Gasteiger partial charge in [-0.25, -0.2) is 4.79 Å². The molecule has 0 amide bonds. The predicted molar refractivity (Wildman–Crippen MR) is 51.5 cm³/mol. The molecular weight excluding hydrogens is 182 g/mol. The number of hydrogen-bond donors (Lipinski definition) is 2. The standard InChI is InChI=1S/C10H11NO3/c12-10(13)8-5-6-9(14-8)11-7-3-1-2-4-7/h1-2,5-7,11H,3-4H2,(H,12,13). The number of furan rings is 1. The first-order valence-electron chi connectivity index (χ1n) is 4.50. The fraction of sp³-hybridized carbons (Fsp3) is 0.300. The summed E-state index contributed by atoms with van der Waals surface area (Å²) < 4.78 is 5.07. The van der Waals surface area contributed by atoms with Gasteiger partial charge in [0.05, 0.1) is 0 Å². The van der Waals surface area contributed by atoms with Crippen molar-refractivity contribution < 1.29 is 14.3 Å². The molecule has 0 fully saturated rings. The maximum absolute atomic E-state index is 10.5. The van der Waals surface area contributed by atoms with Crippen LogP contribution in [0.2, 0.25) is 0 Å². The van der Waals surface area contributed by atoms with Crippen molar-refractivity contribution in [3.63, 3.8) is 0 Å². The molecule has 0 radical (unpaired) electrons. The van der Waals surface area contributed by atoms with Crippen LogP contribution in [0.3, 0.4) is 0 Å². The van der Waals surface area contributed by atoms with E-state index in [9.17, 15) is 4.79 Å². The molecule has 1 aliphatic rings. The summed E-state index contributed by atoms with van der Waals surface area (Å²) in [5.74, 6) is -0.544. The normalized spacial score (nSPS) is 16.0. The van der Waals surface area contributed by atoms with E-state index in [0.29, 0.717) is 11.9 Å². The van der Waals surface area contributed by atoms with Gasteiger partial charge in [-0.3, -0.25) is 0 Å². The lowest BCUT2D eigenvalue weighted by Gasteiger charge is -2.09. The van der Waals surface area contributed by atoms with E-state index in [1.807, 2.05) is 0 Å². The fourth-order valence-electron chi connectivity index (χ4n) is 1.47. The summed E-state index contributed by atoms with van der Waals surface area (Å²) in [4.78, 5) is 10.5. The molecule has 0 aromatic carbocycles. The van der Waals surface area contributed by atoms with Gasteiger partial charge in [-0.05, 0) is 18.9 Å². The van der Waals surface area contributed by atoms with Gasteiger partial charge in [0.15, 0.2) is 5.88 Å². The summed E-state index contributed by atoms with van der Waals surface area (Å²) in [5.41, 5.74) is 0. The van der Waals surface area contributed by atoms with Crippen molar-refractivity contribution in [2.24, 2.45) is 0 Å². The molecule has 0 unspecified atom stereocenters. The van der Waals surface area contributed by atoms with E-state index < -0.39 is 5.97 Å². The van der Waals surface area contributed by atoms with E-state index in [4.69, 9.17) is 9.52 Å². The van der Waals surface area contributed by atoms with Crippen LogP contribution >= 0.6 is 0 Å². The number of nitrogens with one attached hydrogen (secondary N) is 1. The Balaban J connectivity index is 1.99. The van der Waals surface area contributed by atoms with Gasteiger partial charge in [-0.1, -0.05) is 12.2 Å². The van der Waals surface area contributed by atoms with Crippen LogP contribution in [0.25, 0.3) is 0 Å². The van der Waals surface area contributed by atoms with Crippen molar-refractivity contribution in [3.8, 4) is 0 Å². The third-order valence-corrected chi connectivity index (χ3v) is 2.17. The van der Waals surface area contributed by atoms with Gasteiger partial charge in [0.25, 0.3) is 0 Å². The van der Waals surface area contributed by atoms with Crippen LogP contribution in [0.1, 0.15) is 23.4 Å². The maximum atomic E-state index is 10.5. The monoisotopic (exact) mass is 193 g/mol. The second kappa shape index (κ2) is 3.57. The highest BCUT2D eigenvalue weighted by molar-refractivity contribution is 5.84. The Bertz CT molecular complexity index is 359. The highest BCUT2D eigenvalue weighted by atomic mass is 16.4. The van der Waals surface area contributed by atoms with Crippen LogP contribution in [-0.2, 0) is 0 Å². The van der Waals surface area contributed by atoms with Crippen LogP contribution in [0.5, 0.6) is 0 Å². The smallest absolute Gasteiger partial charge is 0.371 e. The van der Waals surface area contributed by atoms with E-state index in [0.717, 1.165) is 12.8 Å². The number of carboxylic acids is 1. The molecule has 2 N–H and O–H groups in total. The molecule has 1 aromatic heterocycles. The number of anilines is 1. The molecule has 0 saturated heterocycles. The van der Waals surface area contributed by atoms with Crippen LogP contribution in [0.15, 0.2) is 28.7 Å². The lowest BCUT2D eigenvalue weighted by atomic mass is 10.2. The number of carboxylic acid groups (broad SMARTS) is 1. The SMILES string of the molecule is O=C(O)c1ccc(NC2CC=CC2)o1. The number of carbonyl (C=O) groups is 1. The van der Waals surface area contributed by atoms with Gasteiger partial charge in [0.1, 0.15) is 0 Å². The molecule has 0 saturated carbocycles. The van der Waals surface area contributed by atoms with Crippen LogP contribution < -0.4 is 5.32 Å². The van der Waals surface area contributed by atoms with E-state index in [1.165, 1.54) is 6.07 Å². The molecule has 0 spiro atoms. The minimum atomic E-state index is -1.04. The molecule has 1 aliphatic carbocycles. The molecule has 2 rings (SSSR count). The summed E-state index contributed by atoms with van der Waals surface area (Å²) in [6.45, 7) is 0. The Hall–Kier alpha value is -1.71. The molecule has 0 bridgehead atoms. The summed E-state index contributed by atoms with van der Waals surface area (Å²) in [6.07, 6.45) is 6.11. The second-order valence-electron chi connectivity index (χ2n) is 3.25. The van der Waals surface area contributed by atoms with E-state index in [1.54, 1.807) is 6.07 Å². The number of rotatable bonds is 3. The van der Waals surface area contributed by atoms with Crippen molar-refractivity contribution in [3.05, 3.63) is 30.0 Å². The van der Waals surface area contributed by atoms with Gasteiger partial charge in [0, 0.05) is 12.1 Å². The summed E-state index contributed by atoms with van der Waals surface area (Å²) in [6, 6.07) is 3.43. The molecule has 4 heteroatoms. The van der Waals surface area contributed by atoms with Gasteiger partial charge in [0.2, 0.25) is 5.76 Å². The second-order valence-corrected chi connectivity index (χ2v) is 3.25. The Kier molecular flexibility index (Phi) is 2.26. The number of hydrogen-bond acceptors (Lipinski definition) is 3. The summed E-state index contributed by atoms with van der Waals surface area (Å²) >= 11 is 0. The molecule has 14 heavy (non-hydrogen) atoms. The number of aromatic carboxylic acids is 1. The third-order valence-electron chi connectivity index (χ3n) is 2.17. The first-order chi connectivity index (χ1) is 6.75. The Morgan fingerprint density at radius 2 is 2.14 bits per heavy atom. The quantitative estimate of drug-likeness (QED) is 0.721. The van der Waals surface area contributed by atoms with E-state index >= 15 is 0 Å². The molecule has 1 aromatic rings. The molecule has 0 aliphatic heterocycles. The van der Waals surface area contributed by atoms with Gasteiger partial charge in [-0.2, -0.15) is 0 Å². The molecule has 1 heterocycles. The van der Waals surface area contributed by atoms with Crippen LogP contribution in [0.4, 0.5) is 5.88 Å². The Morgan fingerprint density at radius 1 is 1.43 bits per heavy atom. The van der Waals surface area contributed by atoms with Crippen molar-refractivity contribution in [1.29, 1.82) is 0 Å². The minimum Gasteiger partial charge on any atom is -0.475 e. The molecular formula is C10H11NO3. The van der Waals surface area contributed by atoms with Crippen molar-refractivity contribution >= 4 is 11.9 Å². The minimum absolute atomic E-state index is 0.0292. The lowest BCUT2D eigenvalue weighted by Crippen LogP contribution is -2.14. The average Bonchev–Trinajstić information content (AvgIpc) is 2.75. The van der Waals surface area contributed by atoms with E-state index in [2.05, 4.69) is 17.5 Å². The molecule has 74 valence electrons. The van der Waals surface area contributed by atoms with Gasteiger partial charge < -0.3 is 14.8 Å². The lowest BCUT2D eigenvalue weighted by molar-refractivity contribution is 0.0663. The topological polar surface area (TPSA) is 62.5 Å².